The number of fused-ring (bicyclic) bond motifs is 2. The van der Waals surface area contributed by atoms with E-state index >= 15 is 0 Å². The molecule has 0 aliphatic heterocycles. The first-order valence-corrected chi connectivity index (χ1v) is 9.71. The number of carbonyl (C=O) groups excluding carboxylic acids is 1. The van der Waals surface area contributed by atoms with Gasteiger partial charge >= 0.3 is 5.76 Å². The minimum atomic E-state index is -0.457. The molecule has 2 aromatic carbocycles. The molecule has 4 rings (SSSR count). The number of anilines is 1. The maximum Gasteiger partial charge on any atom is 0.419 e. The largest absolute Gasteiger partial charge is 0.419 e. The molecule has 0 atom stereocenters. The first-order chi connectivity index (χ1) is 13.1. The first kappa shape index (κ1) is 17.8. The van der Waals surface area contributed by atoms with Crippen molar-refractivity contribution in [2.75, 3.05) is 11.4 Å². The Morgan fingerprint density at radius 3 is 2.93 bits per heavy atom. The van der Waals surface area contributed by atoms with Crippen LogP contribution in [0.5, 0.6) is 0 Å². The second-order valence-corrected chi connectivity index (χ2v) is 7.43. The fourth-order valence-corrected chi connectivity index (χ4v) is 4.18. The van der Waals surface area contributed by atoms with Crippen LogP contribution < -0.4 is 10.7 Å². The fourth-order valence-electron chi connectivity index (χ4n) is 2.99. The maximum absolute atomic E-state index is 12.8. The highest BCUT2D eigenvalue weighted by atomic mass is 35.5. The van der Waals surface area contributed by atoms with Gasteiger partial charge in [0.2, 0.25) is 5.91 Å². The van der Waals surface area contributed by atoms with Gasteiger partial charge in [-0.3, -0.25) is 14.3 Å². The summed E-state index contributed by atoms with van der Waals surface area (Å²) in [5.74, 6) is -0.554. The summed E-state index contributed by atoms with van der Waals surface area (Å²) in [6, 6.07) is 12.7. The van der Waals surface area contributed by atoms with Crippen molar-refractivity contribution < 1.29 is 9.21 Å². The number of para-hydroxylation sites is 2. The molecular formula is C19H16ClN3O3S. The quantitative estimate of drug-likeness (QED) is 0.500. The zero-order valence-corrected chi connectivity index (χ0v) is 16.1. The molecule has 27 heavy (non-hydrogen) atoms. The van der Waals surface area contributed by atoms with E-state index in [0.717, 1.165) is 10.2 Å². The summed E-state index contributed by atoms with van der Waals surface area (Å²) < 4.78 is 7.67. The third kappa shape index (κ3) is 3.36. The Morgan fingerprint density at radius 1 is 1.30 bits per heavy atom. The Bertz CT molecular complexity index is 1190. The number of thiazole rings is 1. The fraction of sp³-hybridized carbons (Fsp3) is 0.211. The van der Waals surface area contributed by atoms with Gasteiger partial charge in [-0.1, -0.05) is 35.1 Å². The second kappa shape index (κ2) is 7.17. The van der Waals surface area contributed by atoms with Crippen molar-refractivity contribution in [2.24, 2.45) is 0 Å². The molecule has 0 unspecified atom stereocenters. The summed E-state index contributed by atoms with van der Waals surface area (Å²) >= 11 is 7.46. The van der Waals surface area contributed by atoms with Crippen LogP contribution in [0.1, 0.15) is 13.3 Å². The lowest BCUT2D eigenvalue weighted by molar-refractivity contribution is -0.118. The van der Waals surface area contributed by atoms with E-state index in [-0.39, 0.29) is 18.9 Å². The van der Waals surface area contributed by atoms with Crippen LogP contribution in [0.25, 0.3) is 21.3 Å². The van der Waals surface area contributed by atoms with Crippen molar-refractivity contribution in [1.82, 2.24) is 9.55 Å². The molecule has 2 aromatic heterocycles. The Kier molecular flexibility index (Phi) is 4.72. The number of rotatable bonds is 5. The van der Waals surface area contributed by atoms with E-state index in [1.165, 1.54) is 15.9 Å². The summed E-state index contributed by atoms with van der Waals surface area (Å²) in [6.45, 7) is 2.64. The molecule has 0 bridgehead atoms. The summed E-state index contributed by atoms with van der Waals surface area (Å²) in [5.41, 5.74) is 1.98. The highest BCUT2D eigenvalue weighted by Gasteiger charge is 2.19. The number of hydrogen-bond acceptors (Lipinski definition) is 5. The number of benzene rings is 2. The van der Waals surface area contributed by atoms with Crippen molar-refractivity contribution >= 4 is 55.3 Å². The van der Waals surface area contributed by atoms with E-state index in [1.54, 1.807) is 35.2 Å². The standard InChI is InChI=1S/C19H16ClN3O3S/c1-2-22(18-21-13-11-12(20)7-8-16(13)27-18)17(24)9-10-23-14-5-3-4-6-15(14)26-19(23)25/h3-8,11H,2,9-10H2,1H3. The molecule has 0 saturated heterocycles. The van der Waals surface area contributed by atoms with Gasteiger partial charge in [-0.25, -0.2) is 9.78 Å². The topological polar surface area (TPSA) is 68.3 Å². The minimum absolute atomic E-state index is 0.0974. The average molecular weight is 402 g/mol. The average Bonchev–Trinajstić information content (AvgIpc) is 3.20. The van der Waals surface area contributed by atoms with E-state index in [1.807, 2.05) is 19.1 Å². The number of hydrogen-bond donors (Lipinski definition) is 0. The third-order valence-electron chi connectivity index (χ3n) is 4.31. The van der Waals surface area contributed by atoms with Gasteiger partial charge in [-0.05, 0) is 37.3 Å². The maximum atomic E-state index is 12.8. The summed E-state index contributed by atoms with van der Waals surface area (Å²) in [6.07, 6.45) is 0.175. The normalized spacial score (nSPS) is 11.3. The lowest BCUT2D eigenvalue weighted by Gasteiger charge is -2.17. The molecule has 2 heterocycles. The zero-order chi connectivity index (χ0) is 19.0. The number of oxazole rings is 1. The Morgan fingerprint density at radius 2 is 2.11 bits per heavy atom. The molecule has 0 spiro atoms. The van der Waals surface area contributed by atoms with Crippen LogP contribution in [0.4, 0.5) is 5.13 Å². The second-order valence-electron chi connectivity index (χ2n) is 5.98. The summed E-state index contributed by atoms with van der Waals surface area (Å²) in [5, 5.41) is 1.24. The Balaban J connectivity index is 1.56. The lowest BCUT2D eigenvalue weighted by Crippen LogP contribution is -2.32. The molecule has 0 radical (unpaired) electrons. The van der Waals surface area contributed by atoms with Gasteiger partial charge in [0.05, 0.1) is 15.7 Å². The van der Waals surface area contributed by atoms with Gasteiger partial charge in [0.25, 0.3) is 0 Å². The molecule has 138 valence electrons. The van der Waals surface area contributed by atoms with E-state index in [4.69, 9.17) is 16.0 Å². The molecule has 6 nitrogen and oxygen atoms in total. The predicted octanol–water partition coefficient (Wildman–Crippen LogP) is 4.30. The number of nitrogens with zero attached hydrogens (tertiary/aromatic N) is 3. The van der Waals surface area contributed by atoms with Crippen molar-refractivity contribution in [3.8, 4) is 0 Å². The molecular weight excluding hydrogens is 386 g/mol. The van der Waals surface area contributed by atoms with Crippen LogP contribution in [-0.2, 0) is 11.3 Å². The third-order valence-corrected chi connectivity index (χ3v) is 5.60. The Hall–Kier alpha value is -2.64. The van der Waals surface area contributed by atoms with Crippen LogP contribution in [-0.4, -0.2) is 22.0 Å². The molecule has 4 aromatic rings. The van der Waals surface area contributed by atoms with Crippen LogP contribution in [0.15, 0.2) is 51.7 Å². The smallest absolute Gasteiger partial charge is 0.408 e. The van der Waals surface area contributed by atoms with Crippen molar-refractivity contribution in [2.45, 2.75) is 19.9 Å². The van der Waals surface area contributed by atoms with Crippen LogP contribution in [0, 0.1) is 0 Å². The van der Waals surface area contributed by atoms with Crippen molar-refractivity contribution in [3.05, 3.63) is 58.0 Å². The lowest BCUT2D eigenvalue weighted by atomic mass is 10.3. The molecule has 1 amide bonds. The first-order valence-electron chi connectivity index (χ1n) is 8.51. The molecule has 8 heteroatoms. The monoisotopic (exact) mass is 401 g/mol. The van der Waals surface area contributed by atoms with Gasteiger partial charge in [0, 0.05) is 24.5 Å². The molecule has 0 aliphatic carbocycles. The van der Waals surface area contributed by atoms with Crippen molar-refractivity contribution in [1.29, 1.82) is 0 Å². The van der Waals surface area contributed by atoms with E-state index in [2.05, 4.69) is 4.98 Å². The Labute approximate surface area is 163 Å². The van der Waals surface area contributed by atoms with E-state index in [0.29, 0.717) is 27.8 Å². The highest BCUT2D eigenvalue weighted by Crippen LogP contribution is 2.30. The van der Waals surface area contributed by atoms with Crippen LogP contribution in [0.2, 0.25) is 5.02 Å². The predicted molar refractivity (Wildman–Crippen MR) is 108 cm³/mol. The minimum Gasteiger partial charge on any atom is -0.408 e. The molecule has 0 N–H and O–H groups in total. The molecule has 0 fully saturated rings. The van der Waals surface area contributed by atoms with Gasteiger partial charge in [-0.2, -0.15) is 0 Å². The van der Waals surface area contributed by atoms with Crippen molar-refractivity contribution in [3.63, 3.8) is 0 Å². The van der Waals surface area contributed by atoms with Gasteiger partial charge in [-0.15, -0.1) is 0 Å². The van der Waals surface area contributed by atoms with Gasteiger partial charge in [0.1, 0.15) is 0 Å². The highest BCUT2D eigenvalue weighted by molar-refractivity contribution is 7.22. The zero-order valence-electron chi connectivity index (χ0n) is 14.5. The van der Waals surface area contributed by atoms with Crippen LogP contribution in [0.3, 0.4) is 0 Å². The number of amides is 1. The summed E-state index contributed by atoms with van der Waals surface area (Å²) in [4.78, 5) is 31.0. The molecule has 0 saturated carbocycles. The van der Waals surface area contributed by atoms with Crippen LogP contribution >= 0.6 is 22.9 Å². The summed E-state index contributed by atoms with van der Waals surface area (Å²) in [7, 11) is 0. The molecule has 0 aliphatic rings. The van der Waals surface area contributed by atoms with E-state index in [9.17, 15) is 9.59 Å². The number of aryl methyl sites for hydroxylation is 1. The number of halogens is 1. The SMILES string of the molecule is CCN(C(=O)CCn1c(=O)oc2ccccc21)c1nc2cc(Cl)ccc2s1. The van der Waals surface area contributed by atoms with Gasteiger partial charge in [0.15, 0.2) is 10.7 Å². The van der Waals surface area contributed by atoms with E-state index < -0.39 is 5.76 Å². The van der Waals surface area contributed by atoms with Gasteiger partial charge < -0.3 is 4.42 Å². The number of carbonyl (C=O) groups is 1. The number of aromatic nitrogens is 2.